The molecule has 2 N–H and O–H groups in total. The Labute approximate surface area is 125 Å². The Bertz CT molecular complexity index is 846. The van der Waals surface area contributed by atoms with Gasteiger partial charge in [-0.25, -0.2) is 0 Å². The van der Waals surface area contributed by atoms with Gasteiger partial charge >= 0.3 is 0 Å². The molecule has 0 fully saturated rings. The van der Waals surface area contributed by atoms with Crippen LogP contribution in [0, 0.1) is 11.7 Å². The number of aryl methyl sites for hydroxylation is 1. The second-order valence-electron chi connectivity index (χ2n) is 4.47. The average Bonchev–Trinajstić information content (AvgIpc) is 3.08. The minimum Gasteiger partial charge on any atom is -0.351 e. The summed E-state index contributed by atoms with van der Waals surface area (Å²) < 4.78 is 7.33. The van der Waals surface area contributed by atoms with E-state index in [1.54, 1.807) is 25.3 Å². The highest BCUT2D eigenvalue weighted by atomic mass is 32.1. The van der Waals surface area contributed by atoms with E-state index < -0.39 is 0 Å². The molecule has 0 bridgehead atoms. The fraction of sp³-hybridized carbons (Fsp3) is 0.0714. The third kappa shape index (κ3) is 2.77. The third-order valence-electron chi connectivity index (χ3n) is 2.88. The largest absolute Gasteiger partial charge is 0.351 e. The molecule has 1 aromatic carbocycles. The number of amides is 1. The van der Waals surface area contributed by atoms with Crippen LogP contribution in [0.3, 0.4) is 0 Å². The van der Waals surface area contributed by atoms with Crippen molar-refractivity contribution >= 4 is 23.8 Å². The van der Waals surface area contributed by atoms with E-state index in [0.29, 0.717) is 16.2 Å². The highest BCUT2D eigenvalue weighted by molar-refractivity contribution is 7.71. The number of nitrogens with one attached hydrogen (secondary N) is 2. The number of aromatic nitrogens is 3. The van der Waals surface area contributed by atoms with Gasteiger partial charge in [0.15, 0.2) is 4.77 Å². The number of nitrogens with zero attached hydrogens (tertiary/aromatic N) is 2. The molecule has 106 valence electrons. The summed E-state index contributed by atoms with van der Waals surface area (Å²) in [6.45, 7) is 1.76. The van der Waals surface area contributed by atoms with Crippen LogP contribution in [-0.4, -0.2) is 20.6 Å². The van der Waals surface area contributed by atoms with Crippen LogP contribution < -0.4 is 5.32 Å². The van der Waals surface area contributed by atoms with Crippen molar-refractivity contribution in [3.05, 3.63) is 59.0 Å². The highest BCUT2D eigenvalue weighted by Gasteiger charge is 2.12. The lowest BCUT2D eigenvalue weighted by molar-refractivity contribution is 0.0988. The van der Waals surface area contributed by atoms with Gasteiger partial charge in [-0.3, -0.25) is 9.36 Å². The lowest BCUT2D eigenvalue weighted by Crippen LogP contribution is -2.11. The van der Waals surface area contributed by atoms with Gasteiger partial charge in [-0.15, -0.1) is 0 Å². The number of imidazole rings is 1. The molecule has 0 saturated heterocycles. The summed E-state index contributed by atoms with van der Waals surface area (Å²) in [5.41, 5.74) is 2.16. The summed E-state index contributed by atoms with van der Waals surface area (Å²) in [6.07, 6.45) is 3.58. The van der Waals surface area contributed by atoms with Crippen LogP contribution in [0.25, 0.3) is 5.69 Å². The summed E-state index contributed by atoms with van der Waals surface area (Å²) >= 11 is 5.17. The zero-order valence-electron chi connectivity index (χ0n) is 11.2. The Kier molecular flexibility index (Phi) is 3.41. The number of anilines is 1. The molecule has 0 saturated carbocycles. The maximum atomic E-state index is 12.0. The van der Waals surface area contributed by atoms with Crippen LogP contribution in [0.4, 0.5) is 5.69 Å². The lowest BCUT2D eigenvalue weighted by atomic mass is 10.2. The molecule has 2 aromatic heterocycles. The summed E-state index contributed by atoms with van der Waals surface area (Å²) in [6, 6.07) is 8.94. The van der Waals surface area contributed by atoms with E-state index in [0.717, 1.165) is 5.69 Å². The van der Waals surface area contributed by atoms with Gasteiger partial charge in [0.05, 0.1) is 5.69 Å². The van der Waals surface area contributed by atoms with Gasteiger partial charge < -0.3 is 14.8 Å². The fourth-order valence-corrected chi connectivity index (χ4v) is 2.15. The Balaban J connectivity index is 1.85. The molecule has 0 aliphatic carbocycles. The predicted molar refractivity (Wildman–Crippen MR) is 80.1 cm³/mol. The van der Waals surface area contributed by atoms with E-state index >= 15 is 0 Å². The SMILES string of the molecule is Cc1cc(C(=O)Nc2cccc(-n3cc[nH]c3=S)c2)on1. The van der Waals surface area contributed by atoms with Gasteiger partial charge in [0.2, 0.25) is 5.76 Å². The molecule has 6 nitrogen and oxygen atoms in total. The molecule has 0 spiro atoms. The van der Waals surface area contributed by atoms with Gasteiger partial charge in [0.25, 0.3) is 5.91 Å². The first-order valence-electron chi connectivity index (χ1n) is 6.24. The average molecular weight is 300 g/mol. The van der Waals surface area contributed by atoms with Crippen LogP contribution in [-0.2, 0) is 0 Å². The Hall–Kier alpha value is -2.67. The van der Waals surface area contributed by atoms with Crippen LogP contribution in [0.2, 0.25) is 0 Å². The molecule has 0 aliphatic heterocycles. The molecule has 21 heavy (non-hydrogen) atoms. The lowest BCUT2D eigenvalue weighted by Gasteiger charge is -2.06. The van der Waals surface area contributed by atoms with Crippen molar-refractivity contribution in [2.45, 2.75) is 6.92 Å². The fourth-order valence-electron chi connectivity index (χ4n) is 1.92. The molecular formula is C14H12N4O2S. The molecule has 0 unspecified atom stereocenters. The molecule has 0 radical (unpaired) electrons. The summed E-state index contributed by atoms with van der Waals surface area (Å²) in [5.74, 6) is -0.165. The van der Waals surface area contributed by atoms with Gasteiger partial charge in [0, 0.05) is 29.8 Å². The predicted octanol–water partition coefficient (Wildman–Crippen LogP) is 3.08. The van der Waals surface area contributed by atoms with Crippen LogP contribution >= 0.6 is 12.2 Å². The second-order valence-corrected chi connectivity index (χ2v) is 4.86. The third-order valence-corrected chi connectivity index (χ3v) is 3.20. The van der Waals surface area contributed by atoms with Crippen LogP contribution in [0.5, 0.6) is 0 Å². The van der Waals surface area contributed by atoms with Crippen molar-refractivity contribution in [1.82, 2.24) is 14.7 Å². The topological polar surface area (TPSA) is 75.8 Å². The molecule has 7 heteroatoms. The zero-order chi connectivity index (χ0) is 14.8. The molecule has 3 rings (SSSR count). The highest BCUT2D eigenvalue weighted by Crippen LogP contribution is 2.16. The Morgan fingerprint density at radius 3 is 2.95 bits per heavy atom. The van der Waals surface area contributed by atoms with Crippen molar-refractivity contribution in [2.24, 2.45) is 0 Å². The minimum atomic E-state index is -0.342. The molecule has 3 aromatic rings. The van der Waals surface area contributed by atoms with Crippen molar-refractivity contribution in [3.63, 3.8) is 0 Å². The molecule has 1 amide bonds. The number of rotatable bonds is 3. The van der Waals surface area contributed by atoms with Crippen molar-refractivity contribution in [3.8, 4) is 5.69 Å². The number of carbonyl (C=O) groups is 1. The molecule has 0 atom stereocenters. The Morgan fingerprint density at radius 2 is 2.29 bits per heavy atom. The summed E-state index contributed by atoms with van der Waals surface area (Å²) in [4.78, 5) is 14.9. The van der Waals surface area contributed by atoms with Gasteiger partial charge in [-0.1, -0.05) is 11.2 Å². The van der Waals surface area contributed by atoms with Crippen molar-refractivity contribution in [1.29, 1.82) is 0 Å². The van der Waals surface area contributed by atoms with E-state index in [1.165, 1.54) is 0 Å². The quantitative estimate of drug-likeness (QED) is 0.729. The summed E-state index contributed by atoms with van der Waals surface area (Å²) in [5, 5.41) is 6.45. The van der Waals surface area contributed by atoms with Gasteiger partial charge in [-0.2, -0.15) is 0 Å². The minimum absolute atomic E-state index is 0.177. The zero-order valence-corrected chi connectivity index (χ0v) is 12.0. The molecular weight excluding hydrogens is 288 g/mol. The van der Waals surface area contributed by atoms with Crippen molar-refractivity contribution < 1.29 is 9.32 Å². The van der Waals surface area contributed by atoms with Crippen molar-refractivity contribution in [2.75, 3.05) is 5.32 Å². The van der Waals surface area contributed by atoms with E-state index in [1.807, 2.05) is 29.0 Å². The second kappa shape index (κ2) is 5.37. The first kappa shape index (κ1) is 13.3. The van der Waals surface area contributed by atoms with E-state index in [9.17, 15) is 4.79 Å². The smallest absolute Gasteiger partial charge is 0.294 e. The maximum absolute atomic E-state index is 12.0. The van der Waals surface area contributed by atoms with Crippen LogP contribution in [0.15, 0.2) is 47.2 Å². The van der Waals surface area contributed by atoms with E-state index in [2.05, 4.69) is 15.5 Å². The van der Waals surface area contributed by atoms with Gasteiger partial charge in [0.1, 0.15) is 0 Å². The number of H-pyrrole nitrogens is 1. The number of carbonyl (C=O) groups excluding carboxylic acids is 1. The monoisotopic (exact) mass is 300 g/mol. The van der Waals surface area contributed by atoms with Crippen LogP contribution in [0.1, 0.15) is 16.2 Å². The number of hydrogen-bond acceptors (Lipinski definition) is 4. The van der Waals surface area contributed by atoms with Gasteiger partial charge in [-0.05, 0) is 37.3 Å². The van der Waals surface area contributed by atoms with E-state index in [-0.39, 0.29) is 11.7 Å². The molecule has 2 heterocycles. The maximum Gasteiger partial charge on any atom is 0.294 e. The number of benzene rings is 1. The number of hydrogen-bond donors (Lipinski definition) is 2. The standard InChI is InChI=1S/C14H12N4O2S/c1-9-7-12(20-17-9)13(19)16-10-3-2-4-11(8-10)18-6-5-15-14(18)21/h2-8H,1H3,(H,15,21)(H,16,19). The van der Waals surface area contributed by atoms with E-state index in [4.69, 9.17) is 16.7 Å². The normalized spacial score (nSPS) is 10.5. The number of aromatic amines is 1. The first-order valence-corrected chi connectivity index (χ1v) is 6.65. The summed E-state index contributed by atoms with van der Waals surface area (Å²) in [7, 11) is 0. The molecule has 0 aliphatic rings. The first-order chi connectivity index (χ1) is 10.1. The Morgan fingerprint density at radius 1 is 1.43 bits per heavy atom.